The zero-order valence-electron chi connectivity index (χ0n) is 24.1. The van der Waals surface area contributed by atoms with E-state index >= 15 is 0 Å². The number of H-pyrrole nitrogens is 2. The molecule has 8 nitrogen and oxygen atoms in total. The number of fused-ring (bicyclic) bond motifs is 8. The van der Waals surface area contributed by atoms with Crippen molar-refractivity contribution in [1.82, 2.24) is 19.9 Å². The van der Waals surface area contributed by atoms with Crippen LogP contribution in [0, 0.1) is 13.8 Å². The fraction of sp³-hybridized carbons (Fsp3) is 0.176. The Bertz CT molecular complexity index is 1960. The van der Waals surface area contributed by atoms with Crippen LogP contribution in [0.25, 0.3) is 56.5 Å². The van der Waals surface area contributed by atoms with Crippen LogP contribution < -0.4 is 0 Å². The van der Waals surface area contributed by atoms with Gasteiger partial charge < -0.3 is 20.2 Å². The highest BCUT2D eigenvalue weighted by Crippen LogP contribution is 2.37. The topological polar surface area (TPSA) is 132 Å². The Labute approximate surface area is 243 Å². The highest BCUT2D eigenvalue weighted by atomic mass is 16.4. The van der Waals surface area contributed by atoms with E-state index in [2.05, 4.69) is 23.1 Å². The van der Waals surface area contributed by atoms with Crippen molar-refractivity contribution in [2.75, 3.05) is 0 Å². The smallest absolute Gasteiger partial charge is 0.328 e. The molecule has 0 atom stereocenters. The van der Waals surface area contributed by atoms with Gasteiger partial charge in [0.25, 0.3) is 0 Å². The predicted molar refractivity (Wildman–Crippen MR) is 169 cm³/mol. The minimum Gasteiger partial charge on any atom is -0.481 e. The van der Waals surface area contributed by atoms with Gasteiger partial charge in [-0.2, -0.15) is 0 Å². The largest absolute Gasteiger partial charge is 0.481 e. The van der Waals surface area contributed by atoms with E-state index in [0.29, 0.717) is 34.8 Å². The average Bonchev–Trinajstić information content (AvgIpc) is 3.59. The second-order valence-corrected chi connectivity index (χ2v) is 10.4. The van der Waals surface area contributed by atoms with E-state index in [4.69, 9.17) is 9.97 Å². The van der Waals surface area contributed by atoms with Gasteiger partial charge in [0.2, 0.25) is 0 Å². The molecule has 212 valence electrons. The van der Waals surface area contributed by atoms with Gasteiger partial charge in [0.15, 0.2) is 0 Å². The third-order valence-electron chi connectivity index (χ3n) is 7.94. The first-order chi connectivity index (χ1) is 20.0. The molecular weight excluding hydrogens is 528 g/mol. The second-order valence-electron chi connectivity index (χ2n) is 10.4. The summed E-state index contributed by atoms with van der Waals surface area (Å²) >= 11 is 0. The number of rotatable bonds is 7. The fourth-order valence-electron chi connectivity index (χ4n) is 5.55. The number of hydrogen-bond donors (Lipinski definition) is 4. The number of aliphatic carboxylic acids is 2. The van der Waals surface area contributed by atoms with E-state index in [9.17, 15) is 19.8 Å². The van der Waals surface area contributed by atoms with E-state index in [1.807, 2.05) is 64.1 Å². The van der Waals surface area contributed by atoms with Gasteiger partial charge in [-0.05, 0) is 92.3 Å². The molecule has 42 heavy (non-hydrogen) atoms. The van der Waals surface area contributed by atoms with E-state index in [0.717, 1.165) is 67.1 Å². The molecule has 0 unspecified atom stereocenters. The maximum absolute atomic E-state index is 11.5. The predicted octanol–water partition coefficient (Wildman–Crippen LogP) is 7.58. The van der Waals surface area contributed by atoms with Crippen LogP contribution in [-0.4, -0.2) is 42.1 Å². The van der Waals surface area contributed by atoms with Crippen molar-refractivity contribution in [3.8, 4) is 0 Å². The lowest BCUT2D eigenvalue weighted by Crippen LogP contribution is -1.95. The summed E-state index contributed by atoms with van der Waals surface area (Å²) < 4.78 is 0. The summed E-state index contributed by atoms with van der Waals surface area (Å²) in [5.74, 6) is -1.97. The van der Waals surface area contributed by atoms with Gasteiger partial charge >= 0.3 is 11.9 Å². The molecule has 3 aromatic heterocycles. The lowest BCUT2D eigenvalue weighted by molar-refractivity contribution is -0.137. The Morgan fingerprint density at radius 2 is 1.31 bits per heavy atom. The van der Waals surface area contributed by atoms with Gasteiger partial charge in [-0.3, -0.25) is 4.79 Å². The number of carboxylic acids is 2. The number of carbonyl (C=O) groups is 2. The van der Waals surface area contributed by atoms with Gasteiger partial charge in [-0.15, -0.1) is 0 Å². The molecule has 0 radical (unpaired) electrons. The maximum atomic E-state index is 11.5. The summed E-state index contributed by atoms with van der Waals surface area (Å²) in [7, 11) is 0. The molecule has 4 N–H and O–H groups in total. The molecular formula is C34H32N4O4. The highest BCUT2D eigenvalue weighted by Gasteiger charge is 2.21. The highest BCUT2D eigenvalue weighted by molar-refractivity contribution is 6.00. The van der Waals surface area contributed by atoms with Crippen molar-refractivity contribution in [1.29, 1.82) is 0 Å². The van der Waals surface area contributed by atoms with Crippen LogP contribution in [0.15, 0.2) is 49.6 Å². The zero-order valence-corrected chi connectivity index (χ0v) is 24.1. The molecule has 0 saturated carbocycles. The Hall–Kier alpha value is -5.24. The number of allylic oxidation sites excluding steroid dienone is 5. The molecule has 5 rings (SSSR count). The van der Waals surface area contributed by atoms with Crippen molar-refractivity contribution >= 4 is 68.4 Å². The van der Waals surface area contributed by atoms with Crippen LogP contribution in [0.5, 0.6) is 0 Å². The third kappa shape index (κ3) is 5.03. The van der Waals surface area contributed by atoms with Crippen molar-refractivity contribution < 1.29 is 19.8 Å². The number of nitrogens with zero attached hydrogens (tertiary/aromatic N) is 2. The van der Waals surface area contributed by atoms with Crippen LogP contribution in [0.2, 0.25) is 0 Å². The molecule has 0 aliphatic carbocycles. The maximum Gasteiger partial charge on any atom is 0.328 e. The molecule has 2 aliphatic rings. The lowest BCUT2D eigenvalue weighted by Gasteiger charge is -2.03. The molecule has 5 heterocycles. The van der Waals surface area contributed by atoms with Crippen LogP contribution in [0.4, 0.5) is 0 Å². The monoisotopic (exact) mass is 560 g/mol. The van der Waals surface area contributed by atoms with Gasteiger partial charge in [0.1, 0.15) is 0 Å². The molecule has 2 aliphatic heterocycles. The second kappa shape index (κ2) is 11.0. The van der Waals surface area contributed by atoms with Gasteiger partial charge in [-0.25, -0.2) is 14.8 Å². The van der Waals surface area contributed by atoms with Crippen LogP contribution in [0.3, 0.4) is 0 Å². The summed E-state index contributed by atoms with van der Waals surface area (Å²) in [5, 5.41) is 18.8. The van der Waals surface area contributed by atoms with Crippen molar-refractivity contribution in [2.45, 2.75) is 40.5 Å². The Morgan fingerprint density at radius 3 is 1.90 bits per heavy atom. The first-order valence-electron chi connectivity index (χ1n) is 13.6. The Kier molecular flexibility index (Phi) is 7.39. The standard InChI is InChI=1S/C34H32N4O4/c1-7-21-17(3)25-13-26-19(5)23(9-11-33(39)40)31(37-26)16-32-24(10-12-34(41)42)20(6)28(38-32)15-30-22(8-2)18(4)27(36-30)14-29(21)35-25/h7-9,11,13-16,35-36H,1-2,10,12H2,3-6H3,(H,39,40)(H,41,42)/b11-9+,25-13?,26-13?,27-14?,28-15?,29-14?,30-15?,31-16?,32-16?. The minimum atomic E-state index is -1.07. The quantitative estimate of drug-likeness (QED) is 0.220. The lowest BCUT2D eigenvalue weighted by atomic mass is 10.00. The third-order valence-corrected chi connectivity index (χ3v) is 7.94. The molecule has 0 fully saturated rings. The molecule has 0 spiro atoms. The van der Waals surface area contributed by atoms with E-state index < -0.39 is 11.9 Å². The van der Waals surface area contributed by atoms with E-state index in [-0.39, 0.29) is 6.42 Å². The molecule has 0 saturated heterocycles. The number of aromatic nitrogens is 4. The zero-order chi connectivity index (χ0) is 30.3. The van der Waals surface area contributed by atoms with Crippen molar-refractivity contribution in [2.24, 2.45) is 0 Å². The first-order valence-corrected chi connectivity index (χ1v) is 13.6. The number of aryl methyl sites for hydroxylation is 2. The molecule has 8 bridgehead atoms. The van der Waals surface area contributed by atoms with Gasteiger partial charge in [0, 0.05) is 51.3 Å². The number of hydrogen-bond acceptors (Lipinski definition) is 4. The summed E-state index contributed by atoms with van der Waals surface area (Å²) in [6.45, 7) is 16.0. The van der Waals surface area contributed by atoms with Gasteiger partial charge in [0.05, 0.1) is 22.8 Å². The van der Waals surface area contributed by atoms with E-state index in [1.165, 1.54) is 6.08 Å². The normalized spacial score (nSPS) is 13.2. The summed E-state index contributed by atoms with van der Waals surface area (Å²) in [6, 6.07) is 7.77. The Balaban J connectivity index is 1.96. The SMILES string of the molecule is C=Cc1c(C)c2cc3[nH]c(cc4nc(cc5nc(cc1[nH]2)C(C)=C5CCC(=O)O)C(/C=C/C(=O)O)=C4C)c(C)c3C=C. The first kappa shape index (κ1) is 28.3. The molecule has 0 aromatic carbocycles. The minimum absolute atomic E-state index is 0.0520. The van der Waals surface area contributed by atoms with Crippen LogP contribution in [-0.2, 0) is 9.59 Å². The Morgan fingerprint density at radius 1 is 0.762 bits per heavy atom. The number of aromatic amines is 2. The van der Waals surface area contributed by atoms with E-state index in [1.54, 1.807) is 0 Å². The van der Waals surface area contributed by atoms with Crippen molar-refractivity contribution in [3.63, 3.8) is 0 Å². The number of nitrogens with one attached hydrogen (secondary N) is 2. The molecule has 8 heteroatoms. The average molecular weight is 561 g/mol. The summed E-state index contributed by atoms with van der Waals surface area (Å²) in [5.41, 5.74) is 13.1. The molecule has 3 aromatic rings. The van der Waals surface area contributed by atoms with Crippen LogP contribution in [0.1, 0.15) is 71.7 Å². The summed E-state index contributed by atoms with van der Waals surface area (Å²) in [4.78, 5) is 39.8. The summed E-state index contributed by atoms with van der Waals surface area (Å²) in [6.07, 6.45) is 6.50. The van der Waals surface area contributed by atoms with Crippen molar-refractivity contribution in [3.05, 3.63) is 94.6 Å². The molecule has 0 amide bonds. The fourth-order valence-corrected chi connectivity index (χ4v) is 5.55. The number of carboxylic acid groups (broad SMARTS) is 2. The van der Waals surface area contributed by atoms with Crippen LogP contribution >= 0.6 is 0 Å². The van der Waals surface area contributed by atoms with Gasteiger partial charge in [-0.1, -0.05) is 25.3 Å².